The van der Waals surface area contributed by atoms with Gasteiger partial charge in [-0.3, -0.25) is 0 Å². The van der Waals surface area contributed by atoms with Crippen LogP contribution in [0.5, 0.6) is 0 Å². The Kier molecular flexibility index (Phi) is 3.00. The molecule has 2 heterocycles. The molecule has 0 saturated heterocycles. The van der Waals surface area contributed by atoms with Gasteiger partial charge in [0.2, 0.25) is 5.28 Å². The molecule has 0 amide bonds. The molecule has 3 nitrogen and oxygen atoms in total. The fraction of sp³-hybridized carbons (Fsp3) is 0.667. The molecule has 1 aliphatic heterocycles. The summed E-state index contributed by atoms with van der Waals surface area (Å²) in [4.78, 5) is 4.05. The van der Waals surface area contributed by atoms with Crippen molar-refractivity contribution < 1.29 is 0 Å². The lowest BCUT2D eigenvalue weighted by molar-refractivity contribution is 0.372. The first-order valence-electron chi connectivity index (χ1n) is 4.83. The van der Waals surface area contributed by atoms with Crippen LogP contribution in [0.4, 0.5) is 0 Å². The number of imidazole rings is 1. The van der Waals surface area contributed by atoms with Crippen LogP contribution in [-0.2, 0) is 13.0 Å². The van der Waals surface area contributed by atoms with Crippen molar-refractivity contribution in [2.75, 3.05) is 6.54 Å². The third kappa shape index (κ3) is 1.76. The van der Waals surface area contributed by atoms with Crippen molar-refractivity contribution in [3.63, 3.8) is 0 Å². The predicted molar refractivity (Wildman–Crippen MR) is 57.7 cm³/mol. The minimum absolute atomic E-state index is 0.510. The van der Waals surface area contributed by atoms with Crippen LogP contribution in [-0.4, -0.2) is 16.1 Å². The first-order valence-corrected chi connectivity index (χ1v) is 5.58. The van der Waals surface area contributed by atoms with E-state index in [4.69, 9.17) is 28.9 Å². The molecule has 0 radical (unpaired) electrons. The van der Waals surface area contributed by atoms with Gasteiger partial charge in [0, 0.05) is 6.54 Å². The van der Waals surface area contributed by atoms with E-state index in [1.54, 1.807) is 0 Å². The number of aromatic nitrogens is 2. The molecular weight excluding hydrogens is 221 g/mol. The van der Waals surface area contributed by atoms with Crippen molar-refractivity contribution in [3.8, 4) is 0 Å². The second-order valence-electron chi connectivity index (χ2n) is 3.71. The summed E-state index contributed by atoms with van der Waals surface area (Å²) in [7, 11) is 0. The number of nitrogens with zero attached hydrogens (tertiary/aromatic N) is 2. The van der Waals surface area contributed by atoms with Crippen LogP contribution in [0.25, 0.3) is 0 Å². The van der Waals surface area contributed by atoms with Crippen molar-refractivity contribution in [1.82, 2.24) is 9.55 Å². The van der Waals surface area contributed by atoms with Crippen LogP contribution in [0, 0.1) is 5.92 Å². The van der Waals surface area contributed by atoms with Crippen molar-refractivity contribution >= 4 is 23.2 Å². The number of nitrogens with two attached hydrogens (primary N) is 1. The monoisotopic (exact) mass is 233 g/mol. The molecule has 78 valence electrons. The average molecular weight is 234 g/mol. The summed E-state index contributed by atoms with van der Waals surface area (Å²) in [5.74, 6) is 0.637. The van der Waals surface area contributed by atoms with Gasteiger partial charge in [-0.25, -0.2) is 4.98 Å². The number of halogens is 2. The van der Waals surface area contributed by atoms with Gasteiger partial charge < -0.3 is 10.3 Å². The standard InChI is InChI=1S/C9H13Cl2N3/c10-8-7-5-6(1-3-12)2-4-14(7)9(11)13-8/h6H,1-5,12H2. The summed E-state index contributed by atoms with van der Waals surface area (Å²) in [5.41, 5.74) is 6.61. The van der Waals surface area contributed by atoms with Crippen LogP contribution in [0.1, 0.15) is 18.5 Å². The topological polar surface area (TPSA) is 43.8 Å². The van der Waals surface area contributed by atoms with Gasteiger partial charge in [-0.05, 0) is 43.3 Å². The Hall–Kier alpha value is -0.250. The maximum atomic E-state index is 5.98. The van der Waals surface area contributed by atoms with Crippen LogP contribution in [0.15, 0.2) is 0 Å². The zero-order chi connectivity index (χ0) is 10.1. The Bertz CT molecular complexity index is 335. The van der Waals surface area contributed by atoms with E-state index in [1.807, 2.05) is 4.57 Å². The van der Waals surface area contributed by atoms with Crippen LogP contribution in [0.2, 0.25) is 10.4 Å². The molecule has 2 rings (SSSR count). The molecule has 1 aromatic rings. The van der Waals surface area contributed by atoms with E-state index in [9.17, 15) is 0 Å². The summed E-state index contributed by atoms with van der Waals surface area (Å²) in [6.07, 6.45) is 3.13. The highest BCUT2D eigenvalue weighted by atomic mass is 35.5. The summed E-state index contributed by atoms with van der Waals surface area (Å²) in [5, 5.41) is 1.06. The summed E-state index contributed by atoms with van der Waals surface area (Å²) < 4.78 is 2.00. The summed E-state index contributed by atoms with van der Waals surface area (Å²) in [6.45, 7) is 1.66. The Labute approximate surface area is 93.2 Å². The molecule has 1 aliphatic rings. The minimum Gasteiger partial charge on any atom is -0.330 e. The maximum absolute atomic E-state index is 5.98. The fourth-order valence-electron chi connectivity index (χ4n) is 2.02. The zero-order valence-corrected chi connectivity index (χ0v) is 9.35. The SMILES string of the molecule is NCCC1CCn2c(Cl)nc(Cl)c2C1. The number of fused-ring (bicyclic) bond motifs is 1. The molecule has 1 atom stereocenters. The summed E-state index contributed by atoms with van der Waals surface area (Å²) in [6, 6.07) is 0. The number of hydrogen-bond acceptors (Lipinski definition) is 2. The number of rotatable bonds is 2. The molecular formula is C9H13Cl2N3. The Balaban J connectivity index is 2.21. The quantitative estimate of drug-likeness (QED) is 0.851. The van der Waals surface area contributed by atoms with Gasteiger partial charge in [-0.1, -0.05) is 11.6 Å². The first kappa shape index (κ1) is 10.3. The lowest BCUT2D eigenvalue weighted by Crippen LogP contribution is -2.21. The third-order valence-corrected chi connectivity index (χ3v) is 3.39. The van der Waals surface area contributed by atoms with Crippen molar-refractivity contribution in [2.24, 2.45) is 11.7 Å². The Morgan fingerprint density at radius 1 is 1.50 bits per heavy atom. The largest absolute Gasteiger partial charge is 0.330 e. The lowest BCUT2D eigenvalue weighted by Gasteiger charge is -2.23. The molecule has 0 aromatic carbocycles. The minimum atomic E-state index is 0.510. The maximum Gasteiger partial charge on any atom is 0.204 e. The van der Waals surface area contributed by atoms with E-state index in [0.29, 0.717) is 16.4 Å². The molecule has 0 spiro atoms. The third-order valence-electron chi connectivity index (χ3n) is 2.79. The smallest absolute Gasteiger partial charge is 0.204 e. The molecule has 2 N–H and O–H groups in total. The molecule has 5 heteroatoms. The van der Waals surface area contributed by atoms with Gasteiger partial charge in [0.25, 0.3) is 0 Å². The predicted octanol–water partition coefficient (Wildman–Crippen LogP) is 2.10. The van der Waals surface area contributed by atoms with Gasteiger partial charge >= 0.3 is 0 Å². The highest BCUT2D eigenvalue weighted by Crippen LogP contribution is 2.30. The van der Waals surface area contributed by atoms with Crippen molar-refractivity contribution in [1.29, 1.82) is 0 Å². The zero-order valence-electron chi connectivity index (χ0n) is 7.84. The molecule has 0 aliphatic carbocycles. The van der Waals surface area contributed by atoms with Gasteiger partial charge in [0.1, 0.15) is 0 Å². The van der Waals surface area contributed by atoms with Gasteiger partial charge in [0.05, 0.1) is 5.69 Å². The normalized spacial score (nSPS) is 20.9. The van der Waals surface area contributed by atoms with Gasteiger partial charge in [-0.2, -0.15) is 0 Å². The molecule has 0 saturated carbocycles. The molecule has 0 fully saturated rings. The van der Waals surface area contributed by atoms with E-state index >= 15 is 0 Å². The first-order chi connectivity index (χ1) is 6.72. The van der Waals surface area contributed by atoms with Crippen molar-refractivity contribution in [2.45, 2.75) is 25.8 Å². The highest BCUT2D eigenvalue weighted by Gasteiger charge is 2.23. The average Bonchev–Trinajstić information content (AvgIpc) is 2.43. The molecule has 0 bridgehead atoms. The highest BCUT2D eigenvalue weighted by molar-refractivity contribution is 6.32. The summed E-state index contributed by atoms with van der Waals surface area (Å²) >= 11 is 11.9. The van der Waals surface area contributed by atoms with E-state index in [1.165, 1.54) is 0 Å². The van der Waals surface area contributed by atoms with Gasteiger partial charge in [-0.15, -0.1) is 0 Å². The second kappa shape index (κ2) is 4.09. The molecule has 1 aromatic heterocycles. The van der Waals surface area contributed by atoms with E-state index in [-0.39, 0.29) is 0 Å². The van der Waals surface area contributed by atoms with Crippen LogP contribution in [0.3, 0.4) is 0 Å². The van der Waals surface area contributed by atoms with Crippen LogP contribution < -0.4 is 5.73 Å². The second-order valence-corrected chi connectivity index (χ2v) is 4.40. The van der Waals surface area contributed by atoms with Crippen LogP contribution >= 0.6 is 23.2 Å². The lowest BCUT2D eigenvalue weighted by atomic mass is 9.93. The van der Waals surface area contributed by atoms with E-state index in [0.717, 1.165) is 38.0 Å². The fourth-order valence-corrected chi connectivity index (χ4v) is 2.59. The van der Waals surface area contributed by atoms with Gasteiger partial charge in [0.15, 0.2) is 5.15 Å². The Morgan fingerprint density at radius 2 is 2.29 bits per heavy atom. The Morgan fingerprint density at radius 3 is 3.00 bits per heavy atom. The molecule has 14 heavy (non-hydrogen) atoms. The number of hydrogen-bond donors (Lipinski definition) is 1. The van der Waals surface area contributed by atoms with Crippen molar-refractivity contribution in [3.05, 3.63) is 16.1 Å². The van der Waals surface area contributed by atoms with E-state index < -0.39 is 0 Å². The molecule has 1 unspecified atom stereocenters. The van der Waals surface area contributed by atoms with E-state index in [2.05, 4.69) is 4.98 Å².